The van der Waals surface area contributed by atoms with Crippen LogP contribution in [0.5, 0.6) is 0 Å². The van der Waals surface area contributed by atoms with Gasteiger partial charge >= 0.3 is 5.63 Å². The number of ether oxygens (including phenoxy) is 1. The van der Waals surface area contributed by atoms with Crippen molar-refractivity contribution in [3.8, 4) is 0 Å². The Balaban J connectivity index is 1.72. The van der Waals surface area contributed by atoms with E-state index in [1.165, 1.54) is 17.0 Å². The van der Waals surface area contributed by atoms with Gasteiger partial charge in [0.25, 0.3) is 5.91 Å². The summed E-state index contributed by atoms with van der Waals surface area (Å²) in [6.45, 7) is 4.57. The number of hydrogen-bond donors (Lipinski definition) is 2. The van der Waals surface area contributed by atoms with E-state index in [4.69, 9.17) is 32.4 Å². The molecule has 128 valence electrons. The van der Waals surface area contributed by atoms with E-state index in [1.807, 2.05) is 0 Å². The Labute approximate surface area is 148 Å². The van der Waals surface area contributed by atoms with E-state index in [0.29, 0.717) is 17.0 Å². The molecule has 2 aromatic rings. The molecule has 1 fully saturated rings. The SMILES string of the molecule is O=C(NCC[NH+]1CCOCC1)c1cc2cc(Cl)cc(Cl)c2oc1=O. The van der Waals surface area contributed by atoms with Crippen LogP contribution in [0.4, 0.5) is 0 Å². The van der Waals surface area contributed by atoms with Gasteiger partial charge in [-0.2, -0.15) is 0 Å². The van der Waals surface area contributed by atoms with E-state index in [0.717, 1.165) is 32.8 Å². The van der Waals surface area contributed by atoms with Crippen LogP contribution >= 0.6 is 23.2 Å². The fourth-order valence-corrected chi connectivity index (χ4v) is 3.22. The lowest BCUT2D eigenvalue weighted by Gasteiger charge is -2.23. The number of nitrogens with one attached hydrogen (secondary N) is 2. The number of halogens is 2. The second-order valence-corrected chi connectivity index (χ2v) is 6.47. The average Bonchev–Trinajstić information content (AvgIpc) is 2.56. The zero-order valence-electron chi connectivity index (χ0n) is 12.9. The molecule has 0 radical (unpaired) electrons. The van der Waals surface area contributed by atoms with Gasteiger partial charge < -0.3 is 19.4 Å². The van der Waals surface area contributed by atoms with Crippen LogP contribution < -0.4 is 15.8 Å². The number of carbonyl (C=O) groups is 1. The summed E-state index contributed by atoms with van der Waals surface area (Å²) in [6.07, 6.45) is 0. The van der Waals surface area contributed by atoms with Crippen molar-refractivity contribution in [2.45, 2.75) is 0 Å². The molecule has 0 bridgehead atoms. The third-order valence-corrected chi connectivity index (χ3v) is 4.46. The Hall–Kier alpha value is -1.60. The third-order valence-electron chi connectivity index (χ3n) is 3.96. The molecule has 6 nitrogen and oxygen atoms in total. The number of fused-ring (bicyclic) bond motifs is 1. The van der Waals surface area contributed by atoms with Crippen molar-refractivity contribution < 1.29 is 18.8 Å². The molecule has 2 N–H and O–H groups in total. The highest BCUT2D eigenvalue weighted by Crippen LogP contribution is 2.27. The predicted octanol–water partition coefficient (Wildman–Crippen LogP) is 0.745. The molecule has 0 atom stereocenters. The fourth-order valence-electron chi connectivity index (χ4n) is 2.67. The van der Waals surface area contributed by atoms with Crippen molar-refractivity contribution in [1.82, 2.24) is 5.32 Å². The molecule has 0 spiro atoms. The third kappa shape index (κ3) is 3.89. The Morgan fingerprint density at radius 3 is 2.71 bits per heavy atom. The lowest BCUT2D eigenvalue weighted by atomic mass is 10.2. The summed E-state index contributed by atoms with van der Waals surface area (Å²) in [4.78, 5) is 25.7. The second-order valence-electron chi connectivity index (χ2n) is 5.62. The smallest absolute Gasteiger partial charge is 0.349 e. The summed E-state index contributed by atoms with van der Waals surface area (Å²) in [5.74, 6) is -0.464. The maximum atomic E-state index is 12.2. The number of carbonyl (C=O) groups excluding carboxylic acids is 1. The van der Waals surface area contributed by atoms with Crippen LogP contribution in [-0.2, 0) is 4.74 Å². The zero-order chi connectivity index (χ0) is 17.1. The van der Waals surface area contributed by atoms with Gasteiger partial charge in [-0.3, -0.25) is 4.79 Å². The summed E-state index contributed by atoms with van der Waals surface area (Å²) in [7, 11) is 0. The van der Waals surface area contributed by atoms with Crippen molar-refractivity contribution in [1.29, 1.82) is 0 Å². The summed E-state index contributed by atoms with van der Waals surface area (Å²) in [6, 6.07) is 4.54. The van der Waals surface area contributed by atoms with E-state index < -0.39 is 11.5 Å². The molecule has 0 saturated carbocycles. The topological polar surface area (TPSA) is 73.0 Å². The summed E-state index contributed by atoms with van der Waals surface area (Å²) in [5, 5.41) is 3.90. The summed E-state index contributed by atoms with van der Waals surface area (Å²) in [5.41, 5.74) is -0.555. The highest BCUT2D eigenvalue weighted by molar-refractivity contribution is 6.38. The van der Waals surface area contributed by atoms with Gasteiger partial charge in [0.15, 0.2) is 5.58 Å². The minimum absolute atomic E-state index is 0.0576. The van der Waals surface area contributed by atoms with Gasteiger partial charge in [-0.25, -0.2) is 4.79 Å². The lowest BCUT2D eigenvalue weighted by molar-refractivity contribution is -0.906. The quantitative estimate of drug-likeness (QED) is 0.777. The monoisotopic (exact) mass is 371 g/mol. The molecule has 1 aromatic heterocycles. The first-order valence-corrected chi connectivity index (χ1v) is 8.42. The van der Waals surface area contributed by atoms with Gasteiger partial charge in [-0.05, 0) is 18.2 Å². The number of hydrogen-bond acceptors (Lipinski definition) is 4. The van der Waals surface area contributed by atoms with Crippen LogP contribution in [0.1, 0.15) is 10.4 Å². The molecular weight excluding hydrogens is 355 g/mol. The van der Waals surface area contributed by atoms with E-state index in [1.54, 1.807) is 6.07 Å². The predicted molar refractivity (Wildman–Crippen MR) is 91.2 cm³/mol. The van der Waals surface area contributed by atoms with Crippen molar-refractivity contribution in [2.75, 3.05) is 39.4 Å². The van der Waals surface area contributed by atoms with Gasteiger partial charge in [-0.15, -0.1) is 0 Å². The van der Waals surface area contributed by atoms with Gasteiger partial charge in [0.05, 0.1) is 31.3 Å². The van der Waals surface area contributed by atoms with E-state index in [9.17, 15) is 9.59 Å². The molecule has 24 heavy (non-hydrogen) atoms. The standard InChI is InChI=1S/C16H16Cl2N2O4/c17-11-7-10-8-12(16(22)24-14(10)13(18)9-11)15(21)19-1-2-20-3-5-23-6-4-20/h7-9H,1-6H2,(H,19,21)/p+1. The maximum absolute atomic E-state index is 12.2. The Bertz CT molecular complexity index is 816. The molecule has 2 heterocycles. The normalized spacial score (nSPS) is 15.6. The summed E-state index contributed by atoms with van der Waals surface area (Å²) < 4.78 is 10.5. The van der Waals surface area contributed by atoms with E-state index >= 15 is 0 Å². The fraction of sp³-hybridized carbons (Fsp3) is 0.375. The van der Waals surface area contributed by atoms with Crippen molar-refractivity contribution in [3.63, 3.8) is 0 Å². The molecule has 3 rings (SSSR count). The van der Waals surface area contributed by atoms with Crippen LogP contribution in [0.25, 0.3) is 11.0 Å². The first-order valence-electron chi connectivity index (χ1n) is 7.67. The number of quaternary nitrogens is 1. The first-order chi connectivity index (χ1) is 11.5. The van der Waals surface area contributed by atoms with E-state index in [-0.39, 0.29) is 16.2 Å². The number of benzene rings is 1. The van der Waals surface area contributed by atoms with Gasteiger partial charge in [0.2, 0.25) is 0 Å². The zero-order valence-corrected chi connectivity index (χ0v) is 14.4. The highest BCUT2D eigenvalue weighted by atomic mass is 35.5. The molecule has 0 unspecified atom stereocenters. The van der Waals surface area contributed by atoms with Crippen molar-refractivity contribution in [3.05, 3.63) is 44.2 Å². The molecule has 1 amide bonds. The number of amides is 1. The highest BCUT2D eigenvalue weighted by Gasteiger charge is 2.17. The van der Waals surface area contributed by atoms with Gasteiger partial charge in [-0.1, -0.05) is 23.2 Å². The van der Waals surface area contributed by atoms with Gasteiger partial charge in [0.1, 0.15) is 18.7 Å². The Morgan fingerprint density at radius 2 is 1.96 bits per heavy atom. The first kappa shape index (κ1) is 17.2. The average molecular weight is 372 g/mol. The number of morpholine rings is 1. The Kier molecular flexibility index (Phi) is 5.40. The molecular formula is C16H17Cl2N2O4+. The largest absolute Gasteiger partial charge is 0.421 e. The number of rotatable bonds is 4. The summed E-state index contributed by atoms with van der Waals surface area (Å²) >= 11 is 12.0. The molecule has 1 aliphatic rings. The molecule has 0 aliphatic carbocycles. The second kappa shape index (κ2) is 7.53. The van der Waals surface area contributed by atoms with Crippen LogP contribution in [0, 0.1) is 0 Å². The van der Waals surface area contributed by atoms with Crippen molar-refractivity contribution >= 4 is 40.1 Å². The molecule has 1 saturated heterocycles. The van der Waals surface area contributed by atoms with Crippen molar-refractivity contribution in [2.24, 2.45) is 0 Å². The lowest BCUT2D eigenvalue weighted by Crippen LogP contribution is -3.14. The van der Waals surface area contributed by atoms with E-state index in [2.05, 4.69) is 5.32 Å². The Morgan fingerprint density at radius 1 is 1.21 bits per heavy atom. The minimum atomic E-state index is -0.719. The van der Waals surface area contributed by atoms with Gasteiger partial charge in [0, 0.05) is 10.4 Å². The molecule has 1 aliphatic heterocycles. The van der Waals surface area contributed by atoms with Crippen LogP contribution in [-0.4, -0.2) is 45.3 Å². The van der Waals surface area contributed by atoms with Crippen LogP contribution in [0.2, 0.25) is 10.0 Å². The minimum Gasteiger partial charge on any atom is -0.421 e. The van der Waals surface area contributed by atoms with Crippen LogP contribution in [0.3, 0.4) is 0 Å². The van der Waals surface area contributed by atoms with Crippen LogP contribution in [0.15, 0.2) is 27.4 Å². The maximum Gasteiger partial charge on any atom is 0.349 e. The molecule has 8 heteroatoms. The molecule has 1 aromatic carbocycles.